The van der Waals surface area contributed by atoms with Crippen molar-refractivity contribution >= 4 is 17.5 Å². The van der Waals surface area contributed by atoms with Gasteiger partial charge in [0.05, 0.1) is 0 Å². The second kappa shape index (κ2) is 9.38. The number of likely N-dealkylation sites (tertiary alicyclic amines) is 1. The number of hydrogen-bond acceptors (Lipinski definition) is 4. The van der Waals surface area contributed by atoms with Crippen LogP contribution in [-0.4, -0.2) is 34.3 Å². The molecule has 158 valence electrons. The van der Waals surface area contributed by atoms with Crippen molar-refractivity contribution in [1.82, 2.24) is 9.88 Å². The van der Waals surface area contributed by atoms with Gasteiger partial charge >= 0.3 is 0 Å². The monoisotopic (exact) mass is 419 g/mol. The molecule has 2 amide bonds. The molecule has 31 heavy (non-hydrogen) atoms. The van der Waals surface area contributed by atoms with E-state index in [-0.39, 0.29) is 17.6 Å². The number of rotatable bonds is 5. The van der Waals surface area contributed by atoms with Crippen molar-refractivity contribution in [2.45, 2.75) is 25.3 Å². The van der Waals surface area contributed by atoms with Gasteiger partial charge in [-0.1, -0.05) is 12.1 Å². The standard InChI is InChI=1S/C24H22FN3O3/c25-20-5-1-2-7-22(20)31-19-10-8-18(9-11-19)27-23(29)21-6-3-4-16-28(21)24(30)17-12-14-26-15-13-17/h1-2,5,7-15,21H,3-4,6,16H2,(H,27,29). The van der Waals surface area contributed by atoms with Gasteiger partial charge in [0.1, 0.15) is 11.8 Å². The molecule has 6 nitrogen and oxygen atoms in total. The Kier molecular flexibility index (Phi) is 6.21. The number of nitrogens with one attached hydrogen (secondary N) is 1. The third-order valence-electron chi connectivity index (χ3n) is 5.18. The van der Waals surface area contributed by atoms with Crippen molar-refractivity contribution in [3.05, 3.63) is 84.4 Å². The normalized spacial score (nSPS) is 15.9. The van der Waals surface area contributed by atoms with Crippen LogP contribution in [0.15, 0.2) is 73.1 Å². The Morgan fingerprint density at radius 2 is 1.74 bits per heavy atom. The highest BCUT2D eigenvalue weighted by Crippen LogP contribution is 2.26. The number of para-hydroxylation sites is 1. The van der Waals surface area contributed by atoms with E-state index in [4.69, 9.17) is 4.74 Å². The number of nitrogens with zero attached hydrogens (tertiary/aromatic N) is 2. The van der Waals surface area contributed by atoms with Crippen LogP contribution < -0.4 is 10.1 Å². The third kappa shape index (κ3) is 4.88. The summed E-state index contributed by atoms with van der Waals surface area (Å²) in [5.41, 5.74) is 1.09. The first kappa shape index (κ1) is 20.5. The zero-order valence-corrected chi connectivity index (χ0v) is 16.8. The Bertz CT molecular complexity index is 1060. The van der Waals surface area contributed by atoms with Crippen molar-refractivity contribution in [3.63, 3.8) is 0 Å². The summed E-state index contributed by atoms with van der Waals surface area (Å²) in [5.74, 6) is -0.265. The maximum Gasteiger partial charge on any atom is 0.254 e. The van der Waals surface area contributed by atoms with E-state index in [0.717, 1.165) is 12.8 Å². The summed E-state index contributed by atoms with van der Waals surface area (Å²) in [6.07, 6.45) is 5.49. The van der Waals surface area contributed by atoms with Crippen LogP contribution in [0, 0.1) is 5.82 Å². The molecule has 0 aliphatic carbocycles. The van der Waals surface area contributed by atoms with Gasteiger partial charge in [0, 0.05) is 30.2 Å². The van der Waals surface area contributed by atoms with Gasteiger partial charge in [-0.25, -0.2) is 4.39 Å². The molecule has 1 fully saturated rings. The first-order chi connectivity index (χ1) is 15.1. The van der Waals surface area contributed by atoms with Crippen LogP contribution in [0.4, 0.5) is 10.1 Å². The molecule has 4 rings (SSSR count). The highest BCUT2D eigenvalue weighted by molar-refractivity contribution is 6.01. The molecule has 1 saturated heterocycles. The van der Waals surface area contributed by atoms with Crippen LogP contribution in [0.3, 0.4) is 0 Å². The molecular formula is C24H22FN3O3. The molecule has 1 atom stereocenters. The van der Waals surface area contributed by atoms with Gasteiger partial charge in [0.2, 0.25) is 5.91 Å². The number of ether oxygens (including phenoxy) is 1. The predicted octanol–water partition coefficient (Wildman–Crippen LogP) is 4.65. The molecule has 1 N–H and O–H groups in total. The summed E-state index contributed by atoms with van der Waals surface area (Å²) < 4.78 is 19.3. The fourth-order valence-electron chi connectivity index (χ4n) is 3.59. The molecule has 7 heteroatoms. The van der Waals surface area contributed by atoms with Gasteiger partial charge in [-0.3, -0.25) is 14.6 Å². The van der Waals surface area contributed by atoms with Gasteiger partial charge < -0.3 is 15.0 Å². The van der Waals surface area contributed by atoms with Crippen LogP contribution >= 0.6 is 0 Å². The van der Waals surface area contributed by atoms with E-state index >= 15 is 0 Å². The number of benzene rings is 2. The van der Waals surface area contributed by atoms with Crippen molar-refractivity contribution in [2.24, 2.45) is 0 Å². The summed E-state index contributed by atoms with van der Waals surface area (Å²) in [6.45, 7) is 0.536. The Hall–Kier alpha value is -3.74. The molecule has 2 aromatic carbocycles. The number of amides is 2. The van der Waals surface area contributed by atoms with E-state index in [1.165, 1.54) is 6.07 Å². The minimum atomic E-state index is -0.538. The molecule has 0 radical (unpaired) electrons. The van der Waals surface area contributed by atoms with Crippen molar-refractivity contribution in [1.29, 1.82) is 0 Å². The second-order valence-corrected chi connectivity index (χ2v) is 7.29. The number of halogens is 1. The maximum absolute atomic E-state index is 13.7. The van der Waals surface area contributed by atoms with Gasteiger partial charge in [-0.2, -0.15) is 0 Å². The van der Waals surface area contributed by atoms with Crippen molar-refractivity contribution in [2.75, 3.05) is 11.9 Å². The molecule has 3 aromatic rings. The third-order valence-corrected chi connectivity index (χ3v) is 5.18. The first-order valence-corrected chi connectivity index (χ1v) is 10.2. The molecule has 1 unspecified atom stereocenters. The Labute approximate surface area is 179 Å². The smallest absolute Gasteiger partial charge is 0.254 e. The number of aromatic nitrogens is 1. The van der Waals surface area contributed by atoms with Gasteiger partial charge in [0.15, 0.2) is 11.6 Å². The second-order valence-electron chi connectivity index (χ2n) is 7.29. The highest BCUT2D eigenvalue weighted by Gasteiger charge is 2.32. The molecule has 0 spiro atoms. The van der Waals surface area contributed by atoms with E-state index in [1.807, 2.05) is 0 Å². The lowest BCUT2D eigenvalue weighted by atomic mass is 10.00. The predicted molar refractivity (Wildman–Crippen MR) is 114 cm³/mol. The largest absolute Gasteiger partial charge is 0.454 e. The van der Waals surface area contributed by atoms with Crippen LogP contribution in [0.1, 0.15) is 29.6 Å². The quantitative estimate of drug-likeness (QED) is 0.654. The topological polar surface area (TPSA) is 71.5 Å². The number of piperidine rings is 1. The summed E-state index contributed by atoms with van der Waals surface area (Å²) in [4.78, 5) is 31.4. The van der Waals surface area contributed by atoms with Crippen LogP contribution in [0.5, 0.6) is 11.5 Å². The van der Waals surface area contributed by atoms with Gasteiger partial charge in [-0.05, 0) is 67.8 Å². The SMILES string of the molecule is O=C(Nc1ccc(Oc2ccccc2F)cc1)C1CCCCN1C(=O)c1ccncc1. The van der Waals surface area contributed by atoms with E-state index in [0.29, 0.717) is 30.0 Å². The van der Waals surface area contributed by atoms with Gasteiger partial charge in [-0.15, -0.1) is 0 Å². The number of pyridine rings is 1. The molecule has 1 aliphatic rings. The maximum atomic E-state index is 13.7. The van der Waals surface area contributed by atoms with E-state index < -0.39 is 11.9 Å². The number of hydrogen-bond donors (Lipinski definition) is 1. The average Bonchev–Trinajstić information content (AvgIpc) is 2.82. The van der Waals surface area contributed by atoms with Crippen LogP contribution in [-0.2, 0) is 4.79 Å². The number of carbonyl (C=O) groups excluding carboxylic acids is 2. The summed E-state index contributed by atoms with van der Waals surface area (Å²) in [6, 6.07) is 15.6. The lowest BCUT2D eigenvalue weighted by Crippen LogP contribution is -2.50. The molecule has 0 saturated carbocycles. The minimum absolute atomic E-state index is 0.131. The van der Waals surface area contributed by atoms with Crippen LogP contribution in [0.2, 0.25) is 0 Å². The lowest BCUT2D eigenvalue weighted by Gasteiger charge is -2.34. The molecule has 1 aromatic heterocycles. The molecular weight excluding hydrogens is 397 g/mol. The molecule has 0 bridgehead atoms. The molecule has 2 heterocycles. The Balaban J connectivity index is 1.43. The number of anilines is 1. The zero-order valence-electron chi connectivity index (χ0n) is 16.8. The van der Waals surface area contributed by atoms with E-state index in [1.54, 1.807) is 71.9 Å². The number of carbonyl (C=O) groups is 2. The minimum Gasteiger partial charge on any atom is -0.454 e. The summed E-state index contributed by atoms with van der Waals surface area (Å²) in [7, 11) is 0. The molecule has 1 aliphatic heterocycles. The lowest BCUT2D eigenvalue weighted by molar-refractivity contribution is -0.121. The van der Waals surface area contributed by atoms with Crippen molar-refractivity contribution < 1.29 is 18.7 Å². The summed E-state index contributed by atoms with van der Waals surface area (Å²) >= 11 is 0. The first-order valence-electron chi connectivity index (χ1n) is 10.2. The Morgan fingerprint density at radius 1 is 1.00 bits per heavy atom. The van der Waals surface area contributed by atoms with Gasteiger partial charge in [0.25, 0.3) is 5.91 Å². The summed E-state index contributed by atoms with van der Waals surface area (Å²) in [5, 5.41) is 2.88. The van der Waals surface area contributed by atoms with Crippen molar-refractivity contribution in [3.8, 4) is 11.5 Å². The highest BCUT2D eigenvalue weighted by atomic mass is 19.1. The average molecular weight is 419 g/mol. The zero-order chi connectivity index (χ0) is 21.6. The Morgan fingerprint density at radius 3 is 2.48 bits per heavy atom. The van der Waals surface area contributed by atoms with Crippen LogP contribution in [0.25, 0.3) is 0 Å². The fourth-order valence-corrected chi connectivity index (χ4v) is 3.59. The van der Waals surface area contributed by atoms with E-state index in [9.17, 15) is 14.0 Å². The fraction of sp³-hybridized carbons (Fsp3) is 0.208. The van der Waals surface area contributed by atoms with E-state index in [2.05, 4.69) is 10.3 Å².